The Morgan fingerprint density at radius 2 is 2.13 bits per heavy atom. The van der Waals surface area contributed by atoms with E-state index in [1.807, 2.05) is 18.4 Å². The average Bonchev–Trinajstić information content (AvgIpc) is 3.24. The summed E-state index contributed by atoms with van der Waals surface area (Å²) < 4.78 is 0. The number of aromatic nitrogens is 1. The summed E-state index contributed by atoms with van der Waals surface area (Å²) in [6.07, 6.45) is 6.54. The predicted octanol–water partition coefficient (Wildman–Crippen LogP) is 1.43. The summed E-state index contributed by atoms with van der Waals surface area (Å²) in [5.41, 5.74) is 8.37. The van der Waals surface area contributed by atoms with Gasteiger partial charge in [0.2, 0.25) is 11.8 Å². The van der Waals surface area contributed by atoms with Crippen LogP contribution in [0, 0.1) is 0 Å². The Kier molecular flexibility index (Phi) is 6.50. The third-order valence-electron chi connectivity index (χ3n) is 5.33. The quantitative estimate of drug-likeness (QED) is 0.460. The summed E-state index contributed by atoms with van der Waals surface area (Å²) in [6.45, 7) is 0. The minimum Gasteiger partial charge on any atom is -0.340 e. The van der Waals surface area contributed by atoms with Crippen molar-refractivity contribution in [2.75, 3.05) is 22.6 Å². The molecular formula is C21H24N6O3S. The van der Waals surface area contributed by atoms with Crippen molar-refractivity contribution >= 4 is 40.9 Å². The van der Waals surface area contributed by atoms with Gasteiger partial charge in [-0.1, -0.05) is 6.07 Å². The van der Waals surface area contributed by atoms with Crippen LogP contribution in [0.5, 0.6) is 0 Å². The van der Waals surface area contributed by atoms with Crippen molar-refractivity contribution in [3.8, 4) is 0 Å². The molecule has 1 aromatic heterocycles. The van der Waals surface area contributed by atoms with E-state index in [9.17, 15) is 14.4 Å². The molecule has 1 aromatic carbocycles. The molecule has 2 aliphatic heterocycles. The highest BCUT2D eigenvalue weighted by Crippen LogP contribution is 2.25. The van der Waals surface area contributed by atoms with Crippen LogP contribution in [-0.2, 0) is 9.59 Å². The number of pyridine rings is 1. The van der Waals surface area contributed by atoms with E-state index in [0.717, 1.165) is 11.3 Å². The number of rotatable bonds is 6. The largest absolute Gasteiger partial charge is 0.340 e. The minimum absolute atomic E-state index is 0.0179. The van der Waals surface area contributed by atoms with Gasteiger partial charge >= 0.3 is 0 Å². The molecule has 1 saturated heterocycles. The zero-order valence-electron chi connectivity index (χ0n) is 17.0. The Morgan fingerprint density at radius 1 is 1.26 bits per heavy atom. The molecule has 2 aliphatic rings. The summed E-state index contributed by atoms with van der Waals surface area (Å²) in [5.74, 6) is -0.0263. The van der Waals surface area contributed by atoms with Crippen LogP contribution in [0.1, 0.15) is 34.8 Å². The molecule has 0 bridgehead atoms. The van der Waals surface area contributed by atoms with E-state index in [0.29, 0.717) is 29.8 Å². The smallest absolute Gasteiger partial charge is 0.254 e. The van der Waals surface area contributed by atoms with Gasteiger partial charge < -0.3 is 16.0 Å². The van der Waals surface area contributed by atoms with Crippen molar-refractivity contribution in [1.29, 1.82) is 0 Å². The highest BCUT2D eigenvalue weighted by molar-refractivity contribution is 7.98. The van der Waals surface area contributed by atoms with Gasteiger partial charge in [0.1, 0.15) is 12.1 Å². The second kappa shape index (κ2) is 9.46. The number of benzene rings is 1. The Morgan fingerprint density at radius 3 is 2.90 bits per heavy atom. The zero-order chi connectivity index (χ0) is 21.8. The number of hydrazine groups is 1. The highest BCUT2D eigenvalue weighted by atomic mass is 32.2. The third kappa shape index (κ3) is 4.87. The van der Waals surface area contributed by atoms with Gasteiger partial charge in [0.05, 0.1) is 11.3 Å². The second-order valence-electron chi connectivity index (χ2n) is 7.46. The van der Waals surface area contributed by atoms with Crippen LogP contribution in [0.4, 0.5) is 11.4 Å². The molecular weight excluding hydrogens is 416 g/mol. The number of nitrogens with one attached hydrogen (secondary N) is 5. The van der Waals surface area contributed by atoms with Crippen molar-refractivity contribution in [3.05, 3.63) is 53.9 Å². The first-order chi connectivity index (χ1) is 15.0. The van der Waals surface area contributed by atoms with E-state index in [-0.39, 0.29) is 23.8 Å². The number of carbonyl (C=O) groups excluding carboxylic acids is 3. The number of nitrogens with zero attached hydrogens (tertiary/aromatic N) is 1. The number of anilines is 2. The molecule has 31 heavy (non-hydrogen) atoms. The lowest BCUT2D eigenvalue weighted by molar-refractivity contribution is -0.118. The Labute approximate surface area is 184 Å². The molecule has 162 valence electrons. The van der Waals surface area contributed by atoms with Crippen molar-refractivity contribution in [3.63, 3.8) is 0 Å². The number of carbonyl (C=O) groups is 3. The summed E-state index contributed by atoms with van der Waals surface area (Å²) >= 11 is 1.62. The van der Waals surface area contributed by atoms with E-state index in [1.165, 1.54) is 0 Å². The van der Waals surface area contributed by atoms with E-state index in [2.05, 4.69) is 31.8 Å². The van der Waals surface area contributed by atoms with Gasteiger partial charge in [0.15, 0.2) is 0 Å². The first kappa shape index (κ1) is 21.3. The van der Waals surface area contributed by atoms with E-state index in [4.69, 9.17) is 0 Å². The molecule has 3 heterocycles. The molecule has 5 N–H and O–H groups in total. The Hall–Kier alpha value is -2.95. The van der Waals surface area contributed by atoms with Crippen LogP contribution < -0.4 is 26.8 Å². The van der Waals surface area contributed by atoms with Crippen LogP contribution >= 0.6 is 11.8 Å². The van der Waals surface area contributed by atoms with Crippen LogP contribution in [0.2, 0.25) is 0 Å². The fraction of sp³-hybridized carbons (Fsp3) is 0.333. The zero-order valence-corrected chi connectivity index (χ0v) is 17.8. The van der Waals surface area contributed by atoms with E-state index >= 15 is 0 Å². The predicted molar refractivity (Wildman–Crippen MR) is 120 cm³/mol. The van der Waals surface area contributed by atoms with Crippen LogP contribution in [0.15, 0.2) is 42.7 Å². The van der Waals surface area contributed by atoms with E-state index in [1.54, 1.807) is 42.4 Å². The topological polar surface area (TPSA) is 124 Å². The van der Waals surface area contributed by atoms with Crippen LogP contribution in [-0.4, -0.2) is 46.8 Å². The monoisotopic (exact) mass is 440 g/mol. The van der Waals surface area contributed by atoms with Gasteiger partial charge in [-0.25, -0.2) is 10.9 Å². The normalized spacial score (nSPS) is 22.8. The maximum atomic E-state index is 12.7. The molecule has 3 atom stereocenters. The lowest BCUT2D eigenvalue weighted by Gasteiger charge is -2.13. The average molecular weight is 441 g/mol. The number of hydrogen-bond donors (Lipinski definition) is 5. The van der Waals surface area contributed by atoms with Crippen molar-refractivity contribution in [2.24, 2.45) is 0 Å². The van der Waals surface area contributed by atoms with Gasteiger partial charge in [-0.2, -0.15) is 11.8 Å². The van der Waals surface area contributed by atoms with Gasteiger partial charge in [0, 0.05) is 24.1 Å². The van der Waals surface area contributed by atoms with E-state index < -0.39 is 12.1 Å². The summed E-state index contributed by atoms with van der Waals surface area (Å²) in [5, 5.41) is 8.42. The number of thioether (sulfide) groups is 1. The molecule has 2 aromatic rings. The molecule has 0 radical (unpaired) electrons. The summed E-state index contributed by atoms with van der Waals surface area (Å²) in [6, 6.07) is 7.67. The summed E-state index contributed by atoms with van der Waals surface area (Å²) in [4.78, 5) is 41.9. The molecule has 0 aliphatic carbocycles. The van der Waals surface area contributed by atoms with Crippen LogP contribution in [0.25, 0.3) is 0 Å². The molecule has 1 fully saturated rings. The summed E-state index contributed by atoms with van der Waals surface area (Å²) in [7, 11) is 0. The molecule has 3 amide bonds. The van der Waals surface area contributed by atoms with Crippen molar-refractivity contribution in [1.82, 2.24) is 21.2 Å². The first-order valence-electron chi connectivity index (χ1n) is 10.0. The Balaban J connectivity index is 1.42. The second-order valence-corrected chi connectivity index (χ2v) is 8.45. The molecule has 0 saturated carbocycles. The molecule has 4 rings (SSSR count). The molecule has 0 spiro atoms. The first-order valence-corrected chi connectivity index (χ1v) is 11.4. The molecule has 10 heteroatoms. The fourth-order valence-corrected chi connectivity index (χ4v) is 4.11. The standard InChI is InChI=1S/C21H24N6O3S/c1-31-8-6-16-20(29)24-15-5-4-13(9-14(15)19(28)25-16)23-21(30)18-10-17(26-27-18)12-3-2-7-22-11-12/h2-5,7,9,11,16-18,26-27H,6,8,10H2,1H3,(H,23,30)(H,24,29)(H,25,28). The van der Waals surface area contributed by atoms with Gasteiger partial charge in [-0.05, 0) is 54.7 Å². The van der Waals surface area contributed by atoms with Crippen molar-refractivity contribution in [2.45, 2.75) is 31.0 Å². The van der Waals surface area contributed by atoms with Crippen LogP contribution in [0.3, 0.4) is 0 Å². The number of hydrogen-bond acceptors (Lipinski definition) is 7. The maximum Gasteiger partial charge on any atom is 0.254 e. The highest BCUT2D eigenvalue weighted by Gasteiger charge is 2.31. The van der Waals surface area contributed by atoms with Gasteiger partial charge in [-0.3, -0.25) is 19.4 Å². The lowest BCUT2D eigenvalue weighted by atomic mass is 10.0. The SMILES string of the molecule is CSCCC1NC(=O)c2cc(NC(=O)C3CC(c4cccnc4)NN3)ccc2NC1=O. The Bertz CT molecular complexity index is 986. The third-order valence-corrected chi connectivity index (χ3v) is 5.97. The fourth-order valence-electron chi connectivity index (χ4n) is 3.64. The van der Waals surface area contributed by atoms with Crippen molar-refractivity contribution < 1.29 is 14.4 Å². The minimum atomic E-state index is -0.580. The van der Waals surface area contributed by atoms with Gasteiger partial charge in [-0.15, -0.1) is 0 Å². The maximum absolute atomic E-state index is 12.7. The van der Waals surface area contributed by atoms with Gasteiger partial charge in [0.25, 0.3) is 5.91 Å². The number of amides is 3. The molecule has 9 nitrogen and oxygen atoms in total. The lowest BCUT2D eigenvalue weighted by Crippen LogP contribution is -2.41. The number of fused-ring (bicyclic) bond motifs is 1. The molecule has 3 unspecified atom stereocenters.